The van der Waals surface area contributed by atoms with E-state index in [-0.39, 0.29) is 42.8 Å². The fourth-order valence-electron chi connectivity index (χ4n) is 8.20. The van der Waals surface area contributed by atoms with Crippen molar-refractivity contribution in [2.45, 2.75) is 31.1 Å². The molecule has 2 heterocycles. The molecule has 7 rings (SSSR count). The minimum absolute atomic E-state index is 0.108. The van der Waals surface area contributed by atoms with Gasteiger partial charge in [-0.25, -0.2) is 4.39 Å². The zero-order valence-electron chi connectivity index (χ0n) is 25.1. The summed E-state index contributed by atoms with van der Waals surface area (Å²) < 4.78 is 19.5. The molecular weight excluding hydrogens is 613 g/mol. The van der Waals surface area contributed by atoms with Gasteiger partial charge in [-0.1, -0.05) is 47.5 Å². The fourth-order valence-corrected chi connectivity index (χ4v) is 8.33. The molecule has 2 aliphatic heterocycles. The second-order valence-electron chi connectivity index (χ2n) is 12.2. The van der Waals surface area contributed by atoms with Crippen molar-refractivity contribution in [2.24, 2.45) is 23.7 Å². The molecule has 4 amide bonds. The van der Waals surface area contributed by atoms with Crippen LogP contribution in [0.4, 0.5) is 10.1 Å². The number of nitrogens with zero attached hydrogens (tertiary/aromatic N) is 2. The van der Waals surface area contributed by atoms with Crippen molar-refractivity contribution in [1.82, 2.24) is 9.91 Å². The number of ether oxygens (including phenoxy) is 1. The largest absolute Gasteiger partial charge is 0.504 e. The number of hydrazine groups is 1. The van der Waals surface area contributed by atoms with Crippen LogP contribution in [0.25, 0.3) is 0 Å². The lowest BCUT2D eigenvalue weighted by atomic mass is 9.49. The molecule has 4 aliphatic rings. The minimum Gasteiger partial charge on any atom is -0.504 e. The van der Waals surface area contributed by atoms with Gasteiger partial charge in [0.15, 0.2) is 11.5 Å². The summed E-state index contributed by atoms with van der Waals surface area (Å²) in [5.41, 5.74) is 3.20. The van der Waals surface area contributed by atoms with Crippen molar-refractivity contribution in [3.8, 4) is 11.5 Å². The van der Waals surface area contributed by atoms with Crippen molar-refractivity contribution in [1.29, 1.82) is 0 Å². The van der Waals surface area contributed by atoms with Crippen LogP contribution in [-0.2, 0) is 24.6 Å². The van der Waals surface area contributed by atoms with Crippen LogP contribution in [0.3, 0.4) is 0 Å². The third-order valence-corrected chi connectivity index (χ3v) is 10.4. The molecule has 3 aromatic rings. The summed E-state index contributed by atoms with van der Waals surface area (Å²) in [5.74, 6) is -5.96. The average molecular weight is 644 g/mol. The number of amides is 4. The number of rotatable bonds is 6. The van der Waals surface area contributed by atoms with Crippen LogP contribution in [0.1, 0.15) is 36.8 Å². The molecule has 0 unspecified atom stereocenters. The first-order valence-corrected chi connectivity index (χ1v) is 15.6. The van der Waals surface area contributed by atoms with Gasteiger partial charge in [0.1, 0.15) is 5.82 Å². The maximum atomic E-state index is 15.1. The maximum absolute atomic E-state index is 15.1. The monoisotopic (exact) mass is 643 g/mol. The standard InChI is InChI=1S/C35H31ClFN3O6/c1-3-46-27-6-4-5-24(30(27)41)29-22-15-16-23-28(33(44)39(2)31(23)42)25(22)17-26-32(43)40(38-21-13-11-20(37)12-14-21)34(45)35(26,29)18-7-9-19(36)10-8-18/h4-15,23,25-26,28-29,38,41H,3,16-17H2,1-2H3/t23-,25+,26-,28-,29+,35+/m0/s1. The van der Waals surface area contributed by atoms with Crippen molar-refractivity contribution in [2.75, 3.05) is 19.1 Å². The maximum Gasteiger partial charge on any atom is 0.260 e. The molecule has 0 bridgehead atoms. The van der Waals surface area contributed by atoms with Gasteiger partial charge in [0.05, 0.1) is 35.5 Å². The highest BCUT2D eigenvalue weighted by Crippen LogP contribution is 2.65. The van der Waals surface area contributed by atoms with Gasteiger partial charge in [0.25, 0.3) is 11.8 Å². The lowest BCUT2D eigenvalue weighted by Gasteiger charge is -2.50. The fraction of sp³-hybridized carbons (Fsp3) is 0.314. The Hall–Kier alpha value is -4.70. The number of phenols is 1. The first kappa shape index (κ1) is 30.0. The highest BCUT2D eigenvalue weighted by molar-refractivity contribution is 6.30. The Labute approximate surface area is 269 Å². The SMILES string of the molecule is CCOc1cccc([C@H]2C3=CC[C@@H]4C(=O)N(C)C(=O)[C@@H]4[C@@H]3C[C@H]3C(=O)N(Nc4ccc(F)cc4)C(=O)[C@@]23c2ccc(Cl)cc2)c1O. The number of likely N-dealkylation sites (tertiary alicyclic amines) is 1. The average Bonchev–Trinajstić information content (AvgIpc) is 3.40. The second kappa shape index (κ2) is 11.0. The van der Waals surface area contributed by atoms with Crippen LogP contribution in [0.2, 0.25) is 5.02 Å². The van der Waals surface area contributed by atoms with Gasteiger partial charge in [-0.3, -0.25) is 29.5 Å². The summed E-state index contributed by atoms with van der Waals surface area (Å²) in [7, 11) is 1.47. The number of anilines is 1. The van der Waals surface area contributed by atoms with E-state index in [0.29, 0.717) is 27.4 Å². The number of carbonyl (C=O) groups is 4. The van der Waals surface area contributed by atoms with E-state index in [1.54, 1.807) is 49.4 Å². The van der Waals surface area contributed by atoms with Crippen LogP contribution in [0, 0.1) is 29.5 Å². The Balaban J connectivity index is 1.49. The van der Waals surface area contributed by atoms with Gasteiger partial charge in [-0.05, 0) is 73.7 Å². The van der Waals surface area contributed by atoms with Gasteiger partial charge in [-0.2, -0.15) is 5.01 Å². The molecule has 2 aliphatic carbocycles. The quantitative estimate of drug-likeness (QED) is 0.280. The van der Waals surface area contributed by atoms with Crippen LogP contribution in [-0.4, -0.2) is 52.3 Å². The van der Waals surface area contributed by atoms with Crippen LogP contribution >= 0.6 is 11.6 Å². The molecule has 6 atom stereocenters. The number of carbonyl (C=O) groups excluding carboxylic acids is 4. The third-order valence-electron chi connectivity index (χ3n) is 10.1. The number of hydrogen-bond acceptors (Lipinski definition) is 7. The summed E-state index contributed by atoms with van der Waals surface area (Å²) in [6.07, 6.45) is 2.29. The van der Waals surface area contributed by atoms with Crippen molar-refractivity contribution >= 4 is 40.9 Å². The molecule has 236 valence electrons. The number of benzene rings is 3. The number of hydrogen-bond donors (Lipinski definition) is 2. The van der Waals surface area contributed by atoms with Gasteiger partial charge in [0.2, 0.25) is 11.8 Å². The molecule has 11 heteroatoms. The number of para-hydroxylation sites is 1. The lowest BCUT2D eigenvalue weighted by molar-refractivity contribution is -0.140. The third kappa shape index (κ3) is 4.19. The molecule has 9 nitrogen and oxygen atoms in total. The van der Waals surface area contributed by atoms with Gasteiger partial charge in [0, 0.05) is 23.6 Å². The van der Waals surface area contributed by atoms with Crippen molar-refractivity contribution in [3.05, 3.63) is 100 Å². The Morgan fingerprint density at radius 1 is 0.978 bits per heavy atom. The molecule has 46 heavy (non-hydrogen) atoms. The molecule has 3 fully saturated rings. The number of phenolic OH excluding ortho intramolecular Hbond substituents is 1. The Morgan fingerprint density at radius 2 is 1.70 bits per heavy atom. The highest BCUT2D eigenvalue weighted by Gasteiger charge is 2.70. The van der Waals surface area contributed by atoms with E-state index in [1.165, 1.54) is 31.3 Å². The van der Waals surface area contributed by atoms with E-state index < -0.39 is 52.6 Å². The molecule has 1 saturated carbocycles. The second-order valence-corrected chi connectivity index (χ2v) is 12.7. The Kier molecular flexibility index (Phi) is 7.15. The number of halogens is 2. The summed E-state index contributed by atoms with van der Waals surface area (Å²) in [6.45, 7) is 2.06. The number of aromatic hydroxyl groups is 1. The number of fused-ring (bicyclic) bond motifs is 4. The van der Waals surface area contributed by atoms with E-state index in [9.17, 15) is 23.9 Å². The number of nitrogens with one attached hydrogen (secondary N) is 1. The minimum atomic E-state index is -1.59. The van der Waals surface area contributed by atoms with E-state index in [4.69, 9.17) is 16.3 Å². The van der Waals surface area contributed by atoms with Crippen LogP contribution in [0.15, 0.2) is 78.4 Å². The summed E-state index contributed by atoms with van der Waals surface area (Å²) in [4.78, 5) is 57.5. The van der Waals surface area contributed by atoms with E-state index in [2.05, 4.69) is 5.43 Å². The first-order chi connectivity index (χ1) is 22.1. The molecule has 2 N–H and O–H groups in total. The first-order valence-electron chi connectivity index (χ1n) is 15.2. The molecule has 2 saturated heterocycles. The van der Waals surface area contributed by atoms with Gasteiger partial charge >= 0.3 is 0 Å². The number of imide groups is 2. The molecule has 0 aromatic heterocycles. The van der Waals surface area contributed by atoms with E-state index >= 15 is 4.79 Å². The zero-order chi connectivity index (χ0) is 32.5. The topological polar surface area (TPSA) is 116 Å². The Bertz CT molecular complexity index is 1810. The Morgan fingerprint density at radius 3 is 2.39 bits per heavy atom. The van der Waals surface area contributed by atoms with Gasteiger partial charge < -0.3 is 9.84 Å². The molecule has 0 spiro atoms. The van der Waals surface area contributed by atoms with Crippen molar-refractivity contribution < 1.29 is 33.4 Å². The molecular formula is C35H31ClFN3O6. The summed E-state index contributed by atoms with van der Waals surface area (Å²) in [6, 6.07) is 17.0. The normalized spacial score (nSPS) is 28.5. The highest BCUT2D eigenvalue weighted by atomic mass is 35.5. The van der Waals surface area contributed by atoms with Gasteiger partial charge in [-0.15, -0.1) is 0 Å². The van der Waals surface area contributed by atoms with E-state index in [0.717, 1.165) is 9.91 Å². The molecule has 3 aromatic carbocycles. The van der Waals surface area contributed by atoms with Crippen LogP contribution in [0.5, 0.6) is 11.5 Å². The number of allylic oxidation sites excluding steroid dienone is 2. The zero-order valence-corrected chi connectivity index (χ0v) is 25.8. The summed E-state index contributed by atoms with van der Waals surface area (Å²) >= 11 is 6.31. The predicted molar refractivity (Wildman–Crippen MR) is 166 cm³/mol. The summed E-state index contributed by atoms with van der Waals surface area (Å²) in [5, 5.41) is 13.1. The molecule has 0 radical (unpaired) electrons. The van der Waals surface area contributed by atoms with E-state index in [1.807, 2.05) is 6.08 Å². The smallest absolute Gasteiger partial charge is 0.260 e. The lowest BCUT2D eigenvalue weighted by Crippen LogP contribution is -2.53. The van der Waals surface area contributed by atoms with Crippen molar-refractivity contribution in [3.63, 3.8) is 0 Å². The predicted octanol–water partition coefficient (Wildman–Crippen LogP) is 5.20. The van der Waals surface area contributed by atoms with Crippen LogP contribution < -0.4 is 10.2 Å².